The van der Waals surface area contributed by atoms with Crippen molar-refractivity contribution in [2.45, 2.75) is 12.8 Å². The number of carbonyl (C=O) groups excluding carboxylic acids is 1. The first-order chi connectivity index (χ1) is 15.8. The van der Waals surface area contributed by atoms with Crippen molar-refractivity contribution >= 4 is 66.6 Å². The van der Waals surface area contributed by atoms with Gasteiger partial charge in [-0.3, -0.25) is 9.36 Å². The normalized spacial score (nSPS) is 15.9. The first kappa shape index (κ1) is 23.2. The Labute approximate surface area is 210 Å². The summed E-state index contributed by atoms with van der Waals surface area (Å²) in [6, 6.07) is 17.0. The summed E-state index contributed by atoms with van der Waals surface area (Å²) < 4.78 is 9.09. The van der Waals surface area contributed by atoms with Crippen molar-refractivity contribution < 1.29 is 9.53 Å². The topological polar surface area (TPSA) is 98.1 Å². The highest BCUT2D eigenvalue weighted by Crippen LogP contribution is 2.37. The molecule has 0 fully saturated rings. The third-order valence-electron chi connectivity index (χ3n) is 5.14. The molecule has 0 spiro atoms. The van der Waals surface area contributed by atoms with Crippen LogP contribution in [0.3, 0.4) is 0 Å². The fourth-order valence-electron chi connectivity index (χ4n) is 3.66. The molecule has 2 aromatic carbocycles. The van der Waals surface area contributed by atoms with Gasteiger partial charge >= 0.3 is 5.97 Å². The zero-order valence-corrected chi connectivity index (χ0v) is 21.3. The van der Waals surface area contributed by atoms with E-state index in [0.717, 1.165) is 14.5 Å². The Morgan fingerprint density at radius 1 is 1.18 bits per heavy atom. The second-order valence-electron chi connectivity index (χ2n) is 7.14. The number of benzene rings is 2. The van der Waals surface area contributed by atoms with Crippen LogP contribution in [0.4, 0.5) is 0 Å². The summed E-state index contributed by atoms with van der Waals surface area (Å²) in [4.78, 5) is 26.3. The number of halogens is 2. The number of hydrogen-bond acceptors (Lipinski definition) is 6. The molecular formula is C24H17Br2N3O3S. The second-order valence-corrected chi connectivity index (χ2v) is 10.00. The predicted octanol–water partition coefficient (Wildman–Crippen LogP) is 3.43. The molecular weight excluding hydrogens is 570 g/mol. The second kappa shape index (κ2) is 9.51. The third-order valence-corrected chi connectivity index (χ3v) is 7.30. The zero-order chi connectivity index (χ0) is 23.7. The summed E-state index contributed by atoms with van der Waals surface area (Å²) in [6.07, 6.45) is 1.74. The largest absolute Gasteiger partial charge is 0.463 e. The van der Waals surface area contributed by atoms with Crippen molar-refractivity contribution in [3.05, 3.63) is 93.7 Å². The molecule has 4 rings (SSSR count). The van der Waals surface area contributed by atoms with Crippen LogP contribution >= 0.6 is 43.2 Å². The van der Waals surface area contributed by atoms with E-state index >= 15 is 0 Å². The van der Waals surface area contributed by atoms with Gasteiger partial charge in [0.2, 0.25) is 0 Å². The number of thiazole rings is 1. The number of fused-ring (bicyclic) bond motifs is 1. The number of nitrogens with two attached hydrogens (primary N) is 1. The number of nitrogens with zero attached hydrogens (tertiary/aromatic N) is 2. The van der Waals surface area contributed by atoms with Gasteiger partial charge < -0.3 is 10.5 Å². The van der Waals surface area contributed by atoms with Crippen LogP contribution in [0.2, 0.25) is 0 Å². The van der Waals surface area contributed by atoms with Crippen molar-refractivity contribution in [1.29, 1.82) is 5.26 Å². The van der Waals surface area contributed by atoms with Crippen LogP contribution < -0.4 is 20.5 Å². The Kier molecular flexibility index (Phi) is 6.70. The summed E-state index contributed by atoms with van der Waals surface area (Å²) in [6.45, 7) is 1.83. The van der Waals surface area contributed by atoms with Crippen molar-refractivity contribution in [3.8, 4) is 6.07 Å². The lowest BCUT2D eigenvalue weighted by atomic mass is 9.84. The van der Waals surface area contributed by atoms with E-state index in [1.165, 1.54) is 15.9 Å². The number of rotatable bonds is 4. The minimum absolute atomic E-state index is 0.0212. The summed E-state index contributed by atoms with van der Waals surface area (Å²) in [5.74, 6) is -1.43. The van der Waals surface area contributed by atoms with Crippen LogP contribution in [0.1, 0.15) is 24.0 Å². The highest BCUT2D eigenvalue weighted by Gasteiger charge is 2.36. The lowest BCUT2D eigenvalue weighted by Gasteiger charge is -2.25. The van der Waals surface area contributed by atoms with Crippen LogP contribution in [0, 0.1) is 11.3 Å². The lowest BCUT2D eigenvalue weighted by molar-refractivity contribution is -0.138. The van der Waals surface area contributed by atoms with E-state index < -0.39 is 11.9 Å². The van der Waals surface area contributed by atoms with E-state index in [4.69, 9.17) is 10.5 Å². The van der Waals surface area contributed by atoms with Gasteiger partial charge in [-0.25, -0.2) is 4.79 Å². The van der Waals surface area contributed by atoms with Crippen molar-refractivity contribution in [2.24, 2.45) is 5.73 Å². The maximum absolute atomic E-state index is 13.3. The van der Waals surface area contributed by atoms with E-state index in [1.807, 2.05) is 48.5 Å². The fraction of sp³-hybridized carbons (Fsp3) is 0.125. The quantitative estimate of drug-likeness (QED) is 0.472. The molecule has 1 unspecified atom stereocenters. The molecule has 2 N–H and O–H groups in total. The minimum Gasteiger partial charge on any atom is -0.463 e. The van der Waals surface area contributed by atoms with Crippen LogP contribution in [0.5, 0.6) is 0 Å². The predicted molar refractivity (Wildman–Crippen MR) is 135 cm³/mol. The van der Waals surface area contributed by atoms with Gasteiger partial charge in [0.25, 0.3) is 5.56 Å². The Morgan fingerprint density at radius 3 is 2.36 bits per heavy atom. The number of esters is 1. The molecule has 1 aliphatic rings. The maximum Gasteiger partial charge on any atom is 0.338 e. The van der Waals surface area contributed by atoms with Gasteiger partial charge in [-0.05, 0) is 48.4 Å². The summed E-state index contributed by atoms with van der Waals surface area (Å²) in [7, 11) is 0. The SMILES string of the molecule is CCOC(=O)C1=C(N)n2c(s/c(=C\c3ccc(Br)cc3)c2=O)=C(C#N)C1c1ccc(Br)cc1. The molecule has 3 aromatic rings. The average Bonchev–Trinajstić information content (AvgIpc) is 3.12. The Balaban J connectivity index is 2.05. The van der Waals surface area contributed by atoms with Gasteiger partial charge in [0.05, 0.1) is 34.3 Å². The Bertz CT molecular complexity index is 1490. The van der Waals surface area contributed by atoms with E-state index in [2.05, 4.69) is 37.9 Å². The lowest BCUT2D eigenvalue weighted by Crippen LogP contribution is -2.40. The first-order valence-electron chi connectivity index (χ1n) is 9.91. The first-order valence-corrected chi connectivity index (χ1v) is 12.3. The molecule has 166 valence electrons. The number of aromatic nitrogens is 1. The molecule has 1 aromatic heterocycles. The van der Waals surface area contributed by atoms with Gasteiger partial charge in [0, 0.05) is 8.95 Å². The number of nitriles is 1. The molecule has 0 saturated carbocycles. The van der Waals surface area contributed by atoms with Crippen LogP contribution in [-0.2, 0) is 9.53 Å². The highest BCUT2D eigenvalue weighted by atomic mass is 79.9. The third kappa shape index (κ3) is 4.34. The Morgan fingerprint density at radius 2 is 1.79 bits per heavy atom. The number of carbonyl (C=O) groups is 1. The van der Waals surface area contributed by atoms with E-state index in [1.54, 1.807) is 13.0 Å². The molecule has 2 heterocycles. The average molecular weight is 587 g/mol. The summed E-state index contributed by atoms with van der Waals surface area (Å²) in [5, 5.41) is 10.1. The molecule has 1 atom stereocenters. The van der Waals surface area contributed by atoms with E-state index in [9.17, 15) is 14.9 Å². The molecule has 0 bridgehead atoms. The summed E-state index contributed by atoms with van der Waals surface area (Å²) >= 11 is 7.98. The number of hydrogen-bond donors (Lipinski definition) is 1. The van der Waals surface area contributed by atoms with Crippen LogP contribution in [-0.4, -0.2) is 17.1 Å². The van der Waals surface area contributed by atoms with Gasteiger partial charge in [-0.2, -0.15) is 5.26 Å². The van der Waals surface area contributed by atoms with Crippen molar-refractivity contribution in [1.82, 2.24) is 4.57 Å². The highest BCUT2D eigenvalue weighted by molar-refractivity contribution is 9.10. The molecule has 0 aliphatic carbocycles. The standard InChI is InChI=1S/C24H17Br2N3O3S/c1-2-32-24(31)20-19(14-5-9-16(26)10-6-14)17(12-27)23-29(21(20)28)22(30)18(33-23)11-13-3-7-15(25)8-4-13/h3-11,19H,2,28H2,1H3/b18-11-. The van der Waals surface area contributed by atoms with E-state index in [0.29, 0.717) is 14.8 Å². The molecule has 6 nitrogen and oxygen atoms in total. The molecule has 0 saturated heterocycles. The number of ether oxygens (including phenoxy) is 1. The van der Waals surface area contributed by atoms with Gasteiger partial charge in [0.1, 0.15) is 10.5 Å². The van der Waals surface area contributed by atoms with Crippen LogP contribution in [0.25, 0.3) is 17.5 Å². The molecule has 0 radical (unpaired) electrons. The molecule has 1 aliphatic heterocycles. The molecule has 33 heavy (non-hydrogen) atoms. The van der Waals surface area contributed by atoms with Gasteiger partial charge in [-0.15, -0.1) is 11.3 Å². The van der Waals surface area contributed by atoms with Crippen molar-refractivity contribution in [3.63, 3.8) is 0 Å². The smallest absolute Gasteiger partial charge is 0.338 e. The maximum atomic E-state index is 13.3. The van der Waals surface area contributed by atoms with Crippen LogP contribution in [0.15, 0.2) is 67.8 Å². The van der Waals surface area contributed by atoms with Crippen molar-refractivity contribution in [2.75, 3.05) is 6.61 Å². The molecule has 0 amide bonds. The van der Waals surface area contributed by atoms with E-state index in [-0.39, 0.29) is 29.1 Å². The Hall–Kier alpha value is -2.93. The zero-order valence-electron chi connectivity index (χ0n) is 17.3. The fourth-order valence-corrected chi connectivity index (χ4v) is 5.32. The van der Waals surface area contributed by atoms with Gasteiger partial charge in [0.15, 0.2) is 0 Å². The van der Waals surface area contributed by atoms with Gasteiger partial charge in [-0.1, -0.05) is 56.1 Å². The monoisotopic (exact) mass is 585 g/mol. The molecule has 9 heteroatoms. The minimum atomic E-state index is -0.749. The summed E-state index contributed by atoms with van der Waals surface area (Å²) in [5.41, 5.74) is 7.91.